The molecule has 0 fully saturated rings. The minimum Gasteiger partial charge on any atom is -0.481 e. The zero-order valence-electron chi connectivity index (χ0n) is 13.3. The first-order chi connectivity index (χ1) is 9.77. The van der Waals surface area contributed by atoms with E-state index in [1.807, 2.05) is 32.0 Å². The Morgan fingerprint density at radius 1 is 1.14 bits per heavy atom. The fourth-order valence-electron chi connectivity index (χ4n) is 2.60. The standard InChI is InChI=1S/C17H25NO3/c1-11(2)5-14(9-16(19)20)10-18-17(21)15-7-12(3)6-13(4)8-15/h6-8,11,14H,5,9-10H2,1-4H3,(H,18,21)(H,19,20)/t14-/m0/s1. The number of aryl methyl sites for hydroxylation is 2. The van der Waals surface area contributed by atoms with Gasteiger partial charge in [-0.15, -0.1) is 0 Å². The molecule has 0 unspecified atom stereocenters. The van der Waals surface area contributed by atoms with Crippen LogP contribution in [0.4, 0.5) is 0 Å². The van der Waals surface area contributed by atoms with Crippen molar-refractivity contribution in [2.45, 2.75) is 40.5 Å². The Bertz CT molecular complexity index is 489. The molecular weight excluding hydrogens is 266 g/mol. The van der Waals surface area contributed by atoms with E-state index in [1.54, 1.807) is 0 Å². The summed E-state index contributed by atoms with van der Waals surface area (Å²) in [5.41, 5.74) is 2.72. The average molecular weight is 291 g/mol. The molecule has 4 nitrogen and oxygen atoms in total. The number of benzene rings is 1. The summed E-state index contributed by atoms with van der Waals surface area (Å²) in [6, 6.07) is 5.71. The van der Waals surface area contributed by atoms with Crippen molar-refractivity contribution in [1.82, 2.24) is 5.32 Å². The van der Waals surface area contributed by atoms with Gasteiger partial charge in [0.05, 0.1) is 0 Å². The summed E-state index contributed by atoms with van der Waals surface area (Å²) in [7, 11) is 0. The summed E-state index contributed by atoms with van der Waals surface area (Å²) in [5.74, 6) is -0.577. The normalized spacial score (nSPS) is 12.2. The predicted octanol–water partition coefficient (Wildman–Crippen LogP) is 3.17. The number of carboxylic acids is 1. The molecule has 0 bridgehead atoms. The van der Waals surface area contributed by atoms with Crippen LogP contribution in [-0.2, 0) is 4.79 Å². The van der Waals surface area contributed by atoms with E-state index in [4.69, 9.17) is 5.11 Å². The first-order valence-electron chi connectivity index (χ1n) is 7.36. The van der Waals surface area contributed by atoms with Gasteiger partial charge in [0.25, 0.3) is 5.91 Å². The van der Waals surface area contributed by atoms with Crippen LogP contribution in [0.15, 0.2) is 18.2 Å². The van der Waals surface area contributed by atoms with E-state index >= 15 is 0 Å². The number of carboxylic acid groups (broad SMARTS) is 1. The topological polar surface area (TPSA) is 66.4 Å². The van der Waals surface area contributed by atoms with Gasteiger partial charge < -0.3 is 10.4 Å². The highest BCUT2D eigenvalue weighted by atomic mass is 16.4. The van der Waals surface area contributed by atoms with E-state index in [9.17, 15) is 9.59 Å². The van der Waals surface area contributed by atoms with Crippen LogP contribution in [0.25, 0.3) is 0 Å². The summed E-state index contributed by atoms with van der Waals surface area (Å²) in [4.78, 5) is 23.0. The molecule has 2 N–H and O–H groups in total. The van der Waals surface area contributed by atoms with Crippen molar-refractivity contribution in [3.8, 4) is 0 Å². The molecule has 0 aliphatic heterocycles. The summed E-state index contributed by atoms with van der Waals surface area (Å²) in [6.07, 6.45) is 0.880. The van der Waals surface area contributed by atoms with Crippen molar-refractivity contribution < 1.29 is 14.7 Å². The quantitative estimate of drug-likeness (QED) is 0.811. The number of amides is 1. The van der Waals surface area contributed by atoms with Gasteiger partial charge in [0, 0.05) is 18.5 Å². The molecule has 116 valence electrons. The van der Waals surface area contributed by atoms with Crippen LogP contribution in [0.2, 0.25) is 0 Å². The maximum Gasteiger partial charge on any atom is 0.303 e. The molecule has 1 aromatic rings. The molecule has 0 radical (unpaired) electrons. The minimum atomic E-state index is -0.818. The van der Waals surface area contributed by atoms with Crippen molar-refractivity contribution in [1.29, 1.82) is 0 Å². The Morgan fingerprint density at radius 2 is 1.71 bits per heavy atom. The zero-order chi connectivity index (χ0) is 16.0. The van der Waals surface area contributed by atoms with Gasteiger partial charge in [-0.25, -0.2) is 0 Å². The van der Waals surface area contributed by atoms with Crippen LogP contribution in [0.3, 0.4) is 0 Å². The van der Waals surface area contributed by atoms with Gasteiger partial charge in [0.1, 0.15) is 0 Å². The van der Waals surface area contributed by atoms with Crippen LogP contribution < -0.4 is 5.32 Å². The Morgan fingerprint density at radius 3 is 2.19 bits per heavy atom. The van der Waals surface area contributed by atoms with Crippen LogP contribution in [0.5, 0.6) is 0 Å². The molecular formula is C17H25NO3. The Balaban J connectivity index is 2.65. The van der Waals surface area contributed by atoms with E-state index in [1.165, 1.54) is 0 Å². The highest BCUT2D eigenvalue weighted by Gasteiger charge is 2.16. The SMILES string of the molecule is Cc1cc(C)cc(C(=O)NC[C@H](CC(=O)O)CC(C)C)c1. The third kappa shape index (κ3) is 6.43. The van der Waals surface area contributed by atoms with Crippen molar-refractivity contribution >= 4 is 11.9 Å². The summed E-state index contributed by atoms with van der Waals surface area (Å²) in [5, 5.41) is 11.8. The fourth-order valence-corrected chi connectivity index (χ4v) is 2.60. The molecule has 21 heavy (non-hydrogen) atoms. The molecule has 0 aliphatic carbocycles. The van der Waals surface area contributed by atoms with Gasteiger partial charge in [0.15, 0.2) is 0 Å². The maximum absolute atomic E-state index is 12.2. The predicted molar refractivity (Wildman–Crippen MR) is 83.4 cm³/mol. The third-order valence-corrected chi connectivity index (χ3v) is 3.30. The summed E-state index contributed by atoms with van der Waals surface area (Å²) in [6.45, 7) is 8.42. The van der Waals surface area contributed by atoms with Crippen LogP contribution in [0, 0.1) is 25.7 Å². The molecule has 1 aromatic carbocycles. The number of hydrogen-bond donors (Lipinski definition) is 2. The number of carbonyl (C=O) groups is 2. The molecule has 0 aliphatic rings. The largest absolute Gasteiger partial charge is 0.481 e. The molecule has 1 atom stereocenters. The Labute approximate surface area is 126 Å². The van der Waals surface area contributed by atoms with E-state index < -0.39 is 5.97 Å². The van der Waals surface area contributed by atoms with Gasteiger partial charge in [0.2, 0.25) is 0 Å². The molecule has 4 heteroatoms. The van der Waals surface area contributed by atoms with Gasteiger partial charge in [-0.2, -0.15) is 0 Å². The van der Waals surface area contributed by atoms with Gasteiger partial charge >= 0.3 is 5.97 Å². The first kappa shape index (κ1) is 17.2. The fraction of sp³-hybridized carbons (Fsp3) is 0.529. The van der Waals surface area contributed by atoms with E-state index in [2.05, 4.69) is 19.2 Å². The molecule has 1 amide bonds. The lowest BCUT2D eigenvalue weighted by atomic mass is 9.94. The Kier molecular flexibility index (Phi) is 6.40. The summed E-state index contributed by atoms with van der Waals surface area (Å²) < 4.78 is 0. The number of nitrogens with one attached hydrogen (secondary N) is 1. The average Bonchev–Trinajstić information content (AvgIpc) is 2.32. The van der Waals surface area contributed by atoms with E-state index in [-0.39, 0.29) is 18.2 Å². The van der Waals surface area contributed by atoms with Crippen molar-refractivity contribution in [3.63, 3.8) is 0 Å². The zero-order valence-corrected chi connectivity index (χ0v) is 13.3. The van der Waals surface area contributed by atoms with Gasteiger partial charge in [-0.05, 0) is 44.2 Å². The number of rotatable bonds is 7. The van der Waals surface area contributed by atoms with Crippen LogP contribution in [-0.4, -0.2) is 23.5 Å². The van der Waals surface area contributed by atoms with E-state index in [0.29, 0.717) is 18.0 Å². The van der Waals surface area contributed by atoms with Crippen LogP contribution in [0.1, 0.15) is 48.2 Å². The minimum absolute atomic E-state index is 0.0302. The molecule has 0 aromatic heterocycles. The van der Waals surface area contributed by atoms with Gasteiger partial charge in [-0.3, -0.25) is 9.59 Å². The second-order valence-electron chi connectivity index (χ2n) is 6.18. The van der Waals surface area contributed by atoms with Crippen molar-refractivity contribution in [2.24, 2.45) is 11.8 Å². The Hall–Kier alpha value is -1.84. The number of hydrogen-bond acceptors (Lipinski definition) is 2. The monoisotopic (exact) mass is 291 g/mol. The highest BCUT2D eigenvalue weighted by molar-refractivity contribution is 5.94. The smallest absolute Gasteiger partial charge is 0.303 e. The molecule has 0 heterocycles. The lowest BCUT2D eigenvalue weighted by Gasteiger charge is -2.18. The molecule has 0 saturated heterocycles. The van der Waals surface area contributed by atoms with Crippen molar-refractivity contribution in [2.75, 3.05) is 6.54 Å². The van der Waals surface area contributed by atoms with Crippen molar-refractivity contribution in [3.05, 3.63) is 34.9 Å². The van der Waals surface area contributed by atoms with Crippen LogP contribution >= 0.6 is 0 Å². The van der Waals surface area contributed by atoms with Gasteiger partial charge in [-0.1, -0.05) is 31.0 Å². The highest BCUT2D eigenvalue weighted by Crippen LogP contribution is 2.15. The molecule has 0 spiro atoms. The number of carbonyl (C=O) groups excluding carboxylic acids is 1. The lowest BCUT2D eigenvalue weighted by Crippen LogP contribution is -2.31. The maximum atomic E-state index is 12.2. The lowest BCUT2D eigenvalue weighted by molar-refractivity contribution is -0.138. The first-order valence-corrected chi connectivity index (χ1v) is 7.36. The second kappa shape index (κ2) is 7.81. The second-order valence-corrected chi connectivity index (χ2v) is 6.18. The third-order valence-electron chi connectivity index (χ3n) is 3.30. The molecule has 1 rings (SSSR count). The number of aliphatic carboxylic acids is 1. The molecule has 0 saturated carbocycles. The summed E-state index contributed by atoms with van der Waals surface area (Å²) >= 11 is 0. The van der Waals surface area contributed by atoms with E-state index in [0.717, 1.165) is 17.5 Å².